The van der Waals surface area contributed by atoms with Gasteiger partial charge in [-0.15, -0.1) is 0 Å². The lowest BCUT2D eigenvalue weighted by Crippen LogP contribution is -2.14. The highest BCUT2D eigenvalue weighted by Gasteiger charge is 2.15. The van der Waals surface area contributed by atoms with Crippen molar-refractivity contribution in [2.75, 3.05) is 5.32 Å². The summed E-state index contributed by atoms with van der Waals surface area (Å²) in [5, 5.41) is 4.42. The second-order valence-corrected chi connectivity index (χ2v) is 7.41. The van der Waals surface area contributed by atoms with Crippen molar-refractivity contribution < 1.29 is 9.59 Å². The van der Waals surface area contributed by atoms with Crippen LogP contribution in [0.2, 0.25) is 10.0 Å². The Labute approximate surface area is 182 Å². The molecule has 7 heteroatoms. The van der Waals surface area contributed by atoms with E-state index in [2.05, 4.69) is 10.3 Å². The molecule has 0 aliphatic rings. The number of benzene rings is 3. The lowest BCUT2D eigenvalue weighted by molar-refractivity contribution is 0.0998. The number of carbonyl (C=O) groups excluding carboxylic acids is 2. The van der Waals surface area contributed by atoms with Crippen LogP contribution in [0.15, 0.2) is 72.8 Å². The number of para-hydroxylation sites is 1. The van der Waals surface area contributed by atoms with Gasteiger partial charge >= 0.3 is 0 Å². The molecule has 4 rings (SSSR count). The Morgan fingerprint density at radius 1 is 0.867 bits per heavy atom. The SMILES string of the molecule is NC(=O)c1ccc(NC(=O)c2cc(-c3ccc(Cl)c(Cl)c3)nc3ccccc23)cc1. The van der Waals surface area contributed by atoms with Crippen molar-refractivity contribution in [1.29, 1.82) is 0 Å². The average molecular weight is 436 g/mol. The number of nitrogens with two attached hydrogens (primary N) is 1. The Hall–Kier alpha value is -3.41. The average Bonchev–Trinajstić information content (AvgIpc) is 2.75. The largest absolute Gasteiger partial charge is 0.366 e. The molecule has 0 aliphatic carbocycles. The number of halogens is 2. The van der Waals surface area contributed by atoms with Gasteiger partial charge in [0.15, 0.2) is 0 Å². The number of carbonyl (C=O) groups is 2. The number of amides is 2. The van der Waals surface area contributed by atoms with E-state index < -0.39 is 5.91 Å². The van der Waals surface area contributed by atoms with Gasteiger partial charge in [0.25, 0.3) is 5.91 Å². The van der Waals surface area contributed by atoms with Crippen molar-refractivity contribution in [2.45, 2.75) is 0 Å². The molecule has 0 aliphatic heterocycles. The summed E-state index contributed by atoms with van der Waals surface area (Å²) in [6.07, 6.45) is 0. The molecule has 0 atom stereocenters. The number of hydrogen-bond donors (Lipinski definition) is 2. The van der Waals surface area contributed by atoms with E-state index in [1.54, 1.807) is 48.5 Å². The van der Waals surface area contributed by atoms with Crippen molar-refractivity contribution >= 4 is 51.6 Å². The van der Waals surface area contributed by atoms with Gasteiger partial charge in [-0.05, 0) is 48.5 Å². The Balaban J connectivity index is 1.75. The second kappa shape index (κ2) is 8.14. The maximum absolute atomic E-state index is 13.1. The monoisotopic (exact) mass is 435 g/mol. The van der Waals surface area contributed by atoms with Crippen LogP contribution in [0, 0.1) is 0 Å². The minimum atomic E-state index is -0.528. The second-order valence-electron chi connectivity index (χ2n) is 6.60. The molecular formula is C23H15Cl2N3O2. The number of pyridine rings is 1. The molecule has 0 fully saturated rings. The van der Waals surface area contributed by atoms with Crippen LogP contribution in [-0.4, -0.2) is 16.8 Å². The first kappa shape index (κ1) is 19.9. The topological polar surface area (TPSA) is 85.1 Å². The van der Waals surface area contributed by atoms with Crippen molar-refractivity contribution in [3.05, 3.63) is 94.0 Å². The van der Waals surface area contributed by atoms with Gasteiger partial charge in [0.1, 0.15) is 0 Å². The first-order valence-corrected chi connectivity index (χ1v) is 9.74. The quantitative estimate of drug-likeness (QED) is 0.439. The lowest BCUT2D eigenvalue weighted by Gasteiger charge is -2.11. The molecule has 0 saturated carbocycles. The fourth-order valence-corrected chi connectivity index (χ4v) is 3.38. The molecule has 1 heterocycles. The third-order valence-electron chi connectivity index (χ3n) is 4.60. The number of nitrogens with one attached hydrogen (secondary N) is 1. The van der Waals surface area contributed by atoms with E-state index in [0.717, 1.165) is 5.56 Å². The summed E-state index contributed by atoms with van der Waals surface area (Å²) in [6.45, 7) is 0. The maximum atomic E-state index is 13.1. The van der Waals surface area contributed by atoms with Crippen molar-refractivity contribution in [3.8, 4) is 11.3 Å². The highest BCUT2D eigenvalue weighted by atomic mass is 35.5. The molecule has 148 valence electrons. The summed E-state index contributed by atoms with van der Waals surface area (Å²) in [5.41, 5.74) is 8.65. The molecule has 0 unspecified atom stereocenters. The molecule has 3 aromatic carbocycles. The molecule has 0 bridgehead atoms. The van der Waals surface area contributed by atoms with E-state index in [9.17, 15) is 9.59 Å². The molecule has 2 amide bonds. The van der Waals surface area contributed by atoms with Gasteiger partial charge in [-0.3, -0.25) is 9.59 Å². The Bertz CT molecular complexity index is 1290. The van der Waals surface area contributed by atoms with Crippen LogP contribution < -0.4 is 11.1 Å². The molecule has 4 aromatic rings. The Morgan fingerprint density at radius 3 is 2.30 bits per heavy atom. The smallest absolute Gasteiger partial charge is 0.256 e. The highest BCUT2D eigenvalue weighted by molar-refractivity contribution is 6.42. The standard InChI is InChI=1S/C23H15Cl2N3O2/c24-18-10-7-14(11-19(18)25)21-12-17(16-3-1-2-4-20(16)28-21)23(30)27-15-8-5-13(6-9-15)22(26)29/h1-12H,(H2,26,29)(H,27,30). The molecule has 30 heavy (non-hydrogen) atoms. The van der Waals surface area contributed by atoms with Crippen LogP contribution in [0.3, 0.4) is 0 Å². The normalized spacial score (nSPS) is 10.7. The van der Waals surface area contributed by atoms with Crippen LogP contribution in [0.25, 0.3) is 22.2 Å². The molecular weight excluding hydrogens is 421 g/mol. The van der Waals surface area contributed by atoms with Gasteiger partial charge in [0, 0.05) is 22.2 Å². The predicted octanol–water partition coefficient (Wildman–Crippen LogP) is 5.56. The van der Waals surface area contributed by atoms with Crippen LogP contribution in [-0.2, 0) is 0 Å². The number of hydrogen-bond acceptors (Lipinski definition) is 3. The van der Waals surface area contributed by atoms with E-state index >= 15 is 0 Å². The van der Waals surface area contributed by atoms with E-state index in [1.165, 1.54) is 0 Å². The summed E-state index contributed by atoms with van der Waals surface area (Å²) in [6, 6.07) is 20.7. The van der Waals surface area contributed by atoms with Gasteiger partial charge < -0.3 is 11.1 Å². The van der Waals surface area contributed by atoms with Crippen molar-refractivity contribution in [1.82, 2.24) is 4.98 Å². The van der Waals surface area contributed by atoms with E-state index in [4.69, 9.17) is 28.9 Å². The number of nitrogens with zero attached hydrogens (tertiary/aromatic N) is 1. The number of rotatable bonds is 4. The van der Waals surface area contributed by atoms with Gasteiger partial charge in [0.05, 0.1) is 26.8 Å². The fourth-order valence-electron chi connectivity index (χ4n) is 3.08. The summed E-state index contributed by atoms with van der Waals surface area (Å²) in [7, 11) is 0. The molecule has 0 saturated heterocycles. The molecule has 3 N–H and O–H groups in total. The predicted molar refractivity (Wildman–Crippen MR) is 120 cm³/mol. The van der Waals surface area contributed by atoms with Crippen LogP contribution in [0.1, 0.15) is 20.7 Å². The number of fused-ring (bicyclic) bond motifs is 1. The molecule has 1 aromatic heterocycles. The lowest BCUT2D eigenvalue weighted by atomic mass is 10.0. The zero-order valence-corrected chi connectivity index (χ0v) is 17.0. The molecule has 0 radical (unpaired) electrons. The summed E-state index contributed by atoms with van der Waals surface area (Å²) in [4.78, 5) is 29.0. The zero-order valence-electron chi connectivity index (χ0n) is 15.5. The van der Waals surface area contributed by atoms with Crippen LogP contribution >= 0.6 is 23.2 Å². The molecule has 0 spiro atoms. The van der Waals surface area contributed by atoms with Crippen LogP contribution in [0.5, 0.6) is 0 Å². The summed E-state index contributed by atoms with van der Waals surface area (Å²) < 4.78 is 0. The number of aromatic nitrogens is 1. The Kier molecular flexibility index (Phi) is 5.40. The van der Waals surface area contributed by atoms with Gasteiger partial charge in [-0.2, -0.15) is 0 Å². The minimum Gasteiger partial charge on any atom is -0.366 e. The van der Waals surface area contributed by atoms with Gasteiger partial charge in [-0.1, -0.05) is 47.5 Å². The highest BCUT2D eigenvalue weighted by Crippen LogP contribution is 2.30. The minimum absolute atomic E-state index is 0.304. The Morgan fingerprint density at radius 2 is 1.60 bits per heavy atom. The van der Waals surface area contributed by atoms with Crippen molar-refractivity contribution in [2.24, 2.45) is 5.73 Å². The van der Waals surface area contributed by atoms with Gasteiger partial charge in [0.2, 0.25) is 5.91 Å². The third-order valence-corrected chi connectivity index (χ3v) is 5.34. The summed E-state index contributed by atoms with van der Waals surface area (Å²) >= 11 is 12.2. The number of primary amides is 1. The molecule has 5 nitrogen and oxygen atoms in total. The van der Waals surface area contributed by atoms with Gasteiger partial charge in [-0.25, -0.2) is 4.98 Å². The van der Waals surface area contributed by atoms with Crippen molar-refractivity contribution in [3.63, 3.8) is 0 Å². The zero-order chi connectivity index (χ0) is 21.3. The summed E-state index contributed by atoms with van der Waals surface area (Å²) in [5.74, 6) is -0.832. The number of anilines is 1. The first-order chi connectivity index (χ1) is 14.4. The van der Waals surface area contributed by atoms with E-state index in [-0.39, 0.29) is 5.91 Å². The van der Waals surface area contributed by atoms with E-state index in [1.807, 2.05) is 24.3 Å². The van der Waals surface area contributed by atoms with Crippen LogP contribution in [0.4, 0.5) is 5.69 Å². The maximum Gasteiger partial charge on any atom is 0.256 e. The first-order valence-electron chi connectivity index (χ1n) is 8.99. The third kappa shape index (κ3) is 3.99. The van der Waals surface area contributed by atoms with E-state index in [0.29, 0.717) is 43.5 Å². The fraction of sp³-hybridized carbons (Fsp3) is 0.